The standard InChI is InChI=1S/C24H28N7O9P/c1-4-8-31(24(34)38-13-40-41(35,36)37)23(33)17-11-26-20(15(17)3)21(27-12-25)28-18-10-16(6-5-14(18)2)22(32)29-19-7-9-39-30-19/h5-7,9-12,26H,4,8,13H2,1-3H3,(H2,25,27,28)(H,29,30,32)(H2,35,36,37). The summed E-state index contributed by atoms with van der Waals surface area (Å²) in [6, 6.07) is 6.34. The number of nitrogens with zero attached hydrogens (tertiary/aromatic N) is 4. The lowest BCUT2D eigenvalue weighted by Gasteiger charge is -2.19. The average Bonchev–Trinajstić information content (AvgIpc) is 3.56. The number of amides is 3. The number of aromatic nitrogens is 2. The van der Waals surface area contributed by atoms with Gasteiger partial charge in [0.1, 0.15) is 6.26 Å². The van der Waals surface area contributed by atoms with Gasteiger partial charge in [-0.1, -0.05) is 18.1 Å². The first-order valence-corrected chi connectivity index (χ1v) is 13.5. The summed E-state index contributed by atoms with van der Waals surface area (Å²) in [5, 5.41) is 6.25. The van der Waals surface area contributed by atoms with E-state index in [1.807, 2.05) is 0 Å². The molecule has 0 unspecified atom stereocenters. The number of ether oxygens (including phenoxy) is 1. The number of aliphatic imine (C=N–C) groups is 2. The highest BCUT2D eigenvalue weighted by atomic mass is 31.2. The van der Waals surface area contributed by atoms with Gasteiger partial charge < -0.3 is 35.1 Å². The number of nitrogens with two attached hydrogens (primary N) is 1. The fourth-order valence-corrected chi connectivity index (χ4v) is 3.68. The van der Waals surface area contributed by atoms with Crippen molar-refractivity contribution < 1.29 is 42.5 Å². The quantitative estimate of drug-likeness (QED) is 0.0997. The lowest BCUT2D eigenvalue weighted by Crippen LogP contribution is -2.38. The van der Waals surface area contributed by atoms with Gasteiger partial charge in [0.2, 0.25) is 6.79 Å². The molecule has 1 aromatic carbocycles. The Morgan fingerprint density at radius 3 is 2.66 bits per heavy atom. The van der Waals surface area contributed by atoms with E-state index in [0.717, 1.165) is 11.2 Å². The number of nitrogens with one attached hydrogen (secondary N) is 2. The summed E-state index contributed by atoms with van der Waals surface area (Å²) in [6.45, 7) is 4.01. The molecule has 3 rings (SSSR count). The smallest absolute Gasteiger partial charge is 0.421 e. The Hall–Kier alpha value is -4.63. The maximum atomic E-state index is 13.3. The molecule has 0 aliphatic heterocycles. The maximum Gasteiger partial charge on any atom is 0.472 e. The van der Waals surface area contributed by atoms with Crippen molar-refractivity contribution in [2.45, 2.75) is 27.2 Å². The van der Waals surface area contributed by atoms with Gasteiger partial charge in [-0.3, -0.25) is 9.59 Å². The SMILES string of the molecule is CCCN(C(=O)OCOP(=O)(O)O)C(=O)c1c[nH]c(C(N=CN)=Nc2cc(C(=O)Nc3ccon3)ccc2C)c1C. The third-order valence-electron chi connectivity index (χ3n) is 5.48. The lowest BCUT2D eigenvalue weighted by atomic mass is 10.1. The number of aryl methyl sites for hydroxylation is 1. The third kappa shape index (κ3) is 8.18. The van der Waals surface area contributed by atoms with Gasteiger partial charge >= 0.3 is 13.9 Å². The van der Waals surface area contributed by atoms with Crippen molar-refractivity contribution in [1.29, 1.82) is 0 Å². The van der Waals surface area contributed by atoms with Gasteiger partial charge in [-0.2, -0.15) is 0 Å². The summed E-state index contributed by atoms with van der Waals surface area (Å²) in [6.07, 6.45) is 2.91. The number of rotatable bonds is 10. The van der Waals surface area contributed by atoms with E-state index in [4.69, 9.17) is 24.8 Å². The highest BCUT2D eigenvalue weighted by molar-refractivity contribution is 7.46. The van der Waals surface area contributed by atoms with E-state index in [2.05, 4.69) is 30.0 Å². The zero-order valence-electron chi connectivity index (χ0n) is 22.2. The van der Waals surface area contributed by atoms with E-state index in [1.54, 1.807) is 39.0 Å². The Kier molecular flexibility index (Phi) is 10.3. The summed E-state index contributed by atoms with van der Waals surface area (Å²) < 4.78 is 24.4. The van der Waals surface area contributed by atoms with Gasteiger partial charge in [0, 0.05) is 24.4 Å². The first-order valence-electron chi connectivity index (χ1n) is 12.0. The van der Waals surface area contributed by atoms with Crippen LogP contribution in [0.15, 0.2) is 51.2 Å². The molecule has 3 amide bonds. The highest BCUT2D eigenvalue weighted by Crippen LogP contribution is 2.35. The Morgan fingerprint density at radius 1 is 1.27 bits per heavy atom. The van der Waals surface area contributed by atoms with Crippen molar-refractivity contribution in [3.8, 4) is 0 Å². The number of amidine groups is 1. The number of hydrogen-bond acceptors (Lipinski definition) is 9. The topological polar surface area (TPSA) is 235 Å². The molecule has 0 atom stereocenters. The largest absolute Gasteiger partial charge is 0.472 e. The maximum absolute atomic E-state index is 13.3. The third-order valence-corrected chi connectivity index (χ3v) is 5.93. The number of carbonyl (C=O) groups is 3. The van der Waals surface area contributed by atoms with E-state index in [-0.39, 0.29) is 29.3 Å². The van der Waals surface area contributed by atoms with Crippen LogP contribution >= 0.6 is 7.82 Å². The molecule has 0 spiro atoms. The molecule has 3 aromatic rings. The van der Waals surface area contributed by atoms with Crippen LogP contribution < -0.4 is 11.1 Å². The molecule has 2 aromatic heterocycles. The van der Waals surface area contributed by atoms with Crippen LogP contribution in [0.2, 0.25) is 0 Å². The minimum absolute atomic E-state index is 0.0438. The number of benzene rings is 1. The monoisotopic (exact) mass is 589 g/mol. The minimum atomic E-state index is -4.88. The molecule has 0 bridgehead atoms. The summed E-state index contributed by atoms with van der Waals surface area (Å²) in [5.41, 5.74) is 7.71. The van der Waals surface area contributed by atoms with Crippen LogP contribution in [0.4, 0.5) is 16.3 Å². The Labute approximate surface area is 233 Å². The summed E-state index contributed by atoms with van der Waals surface area (Å²) in [4.78, 5) is 68.3. The second kappa shape index (κ2) is 13.6. The number of imide groups is 1. The second-order valence-electron chi connectivity index (χ2n) is 8.36. The van der Waals surface area contributed by atoms with E-state index < -0.39 is 32.5 Å². The van der Waals surface area contributed by atoms with Gasteiger partial charge in [0.15, 0.2) is 11.7 Å². The number of phosphoric acid groups is 1. The number of aromatic amines is 1. The molecule has 0 fully saturated rings. The van der Waals surface area contributed by atoms with Gasteiger partial charge in [0.25, 0.3) is 11.8 Å². The van der Waals surface area contributed by atoms with E-state index in [9.17, 15) is 18.9 Å². The zero-order valence-corrected chi connectivity index (χ0v) is 23.1. The average molecular weight is 590 g/mol. The second-order valence-corrected chi connectivity index (χ2v) is 9.60. The number of anilines is 1. The molecule has 6 N–H and O–H groups in total. The summed E-state index contributed by atoms with van der Waals surface area (Å²) in [5.74, 6) is -0.867. The highest BCUT2D eigenvalue weighted by Gasteiger charge is 2.28. The predicted octanol–water partition coefficient (Wildman–Crippen LogP) is 2.99. The molecule has 0 aliphatic rings. The summed E-state index contributed by atoms with van der Waals surface area (Å²) >= 11 is 0. The Bertz CT molecular complexity index is 1510. The van der Waals surface area contributed by atoms with E-state index in [0.29, 0.717) is 28.9 Å². The fourth-order valence-electron chi connectivity index (χ4n) is 3.49. The molecule has 2 heterocycles. The van der Waals surface area contributed by atoms with Gasteiger partial charge in [-0.25, -0.2) is 28.8 Å². The van der Waals surface area contributed by atoms with Crippen molar-refractivity contribution in [3.05, 3.63) is 64.7 Å². The van der Waals surface area contributed by atoms with Crippen LogP contribution in [-0.4, -0.2) is 68.2 Å². The molecular formula is C24H28N7O9P. The van der Waals surface area contributed by atoms with Gasteiger partial charge in [-0.05, 0) is 43.5 Å². The molecule has 16 nitrogen and oxygen atoms in total. The first kappa shape index (κ1) is 30.9. The molecule has 41 heavy (non-hydrogen) atoms. The van der Waals surface area contributed by atoms with E-state index in [1.165, 1.54) is 18.5 Å². The van der Waals surface area contributed by atoms with Crippen LogP contribution in [0.25, 0.3) is 0 Å². The molecule has 0 saturated heterocycles. The van der Waals surface area contributed by atoms with Crippen LogP contribution in [0.1, 0.15) is 50.9 Å². The van der Waals surface area contributed by atoms with Gasteiger partial charge in [-0.15, -0.1) is 0 Å². The fraction of sp³-hybridized carbons (Fsp3) is 0.250. The molecule has 17 heteroatoms. The molecule has 218 valence electrons. The molecule has 0 radical (unpaired) electrons. The zero-order chi connectivity index (χ0) is 30.2. The van der Waals surface area contributed by atoms with Crippen molar-refractivity contribution in [2.75, 3.05) is 18.7 Å². The van der Waals surface area contributed by atoms with E-state index >= 15 is 0 Å². The number of carbonyl (C=O) groups excluding carboxylic acids is 3. The molecular weight excluding hydrogens is 561 g/mol. The van der Waals surface area contributed by atoms with Crippen molar-refractivity contribution >= 4 is 49.4 Å². The van der Waals surface area contributed by atoms with Crippen LogP contribution in [0.3, 0.4) is 0 Å². The predicted molar refractivity (Wildman–Crippen MR) is 146 cm³/mol. The van der Waals surface area contributed by atoms with Crippen molar-refractivity contribution in [2.24, 2.45) is 15.7 Å². The molecule has 0 aliphatic carbocycles. The van der Waals surface area contributed by atoms with Crippen molar-refractivity contribution in [1.82, 2.24) is 15.0 Å². The first-order chi connectivity index (χ1) is 19.4. The lowest BCUT2D eigenvalue weighted by molar-refractivity contribution is 0.0203. The Morgan fingerprint density at radius 2 is 2.02 bits per heavy atom. The normalized spacial score (nSPS) is 12.0. The van der Waals surface area contributed by atoms with Crippen LogP contribution in [0.5, 0.6) is 0 Å². The minimum Gasteiger partial charge on any atom is -0.421 e. The van der Waals surface area contributed by atoms with Crippen molar-refractivity contribution in [3.63, 3.8) is 0 Å². The van der Waals surface area contributed by atoms with Crippen LogP contribution in [0, 0.1) is 13.8 Å². The van der Waals surface area contributed by atoms with Gasteiger partial charge in [0.05, 0.1) is 23.3 Å². The summed E-state index contributed by atoms with van der Waals surface area (Å²) in [7, 11) is -4.88. The number of phosphoric ester groups is 1. The number of hydrogen-bond donors (Lipinski definition) is 5. The molecule has 0 saturated carbocycles. The number of H-pyrrole nitrogens is 1. The van der Waals surface area contributed by atoms with Crippen LogP contribution in [-0.2, 0) is 13.8 Å². The Balaban J connectivity index is 1.90.